The minimum atomic E-state index is 0.755. The summed E-state index contributed by atoms with van der Waals surface area (Å²) in [5.74, 6) is 0.755. The highest BCUT2D eigenvalue weighted by Gasteiger charge is 1.97. The van der Waals surface area contributed by atoms with E-state index in [-0.39, 0.29) is 0 Å². The standard InChI is InChI=1S/C5H9N/c1-5-2-3-6-4-5/h2-3,5-6H,4H2,1H3. The average molecular weight is 83.1 g/mol. The van der Waals surface area contributed by atoms with Gasteiger partial charge in [-0.05, 0) is 12.1 Å². The summed E-state index contributed by atoms with van der Waals surface area (Å²) in [5, 5.41) is 3.09. The molecule has 0 amide bonds. The highest BCUT2D eigenvalue weighted by molar-refractivity contribution is 4.92. The molecule has 1 N–H and O–H groups in total. The lowest BCUT2D eigenvalue weighted by Gasteiger charge is -1.91. The number of hydrogen-bond donors (Lipinski definition) is 1. The van der Waals surface area contributed by atoms with Gasteiger partial charge in [-0.15, -0.1) is 0 Å². The fourth-order valence-corrected chi connectivity index (χ4v) is 0.554. The van der Waals surface area contributed by atoms with Gasteiger partial charge in [0.25, 0.3) is 0 Å². The van der Waals surface area contributed by atoms with Crippen molar-refractivity contribution in [1.82, 2.24) is 5.32 Å². The van der Waals surface area contributed by atoms with Crippen LogP contribution in [0, 0.1) is 5.92 Å². The van der Waals surface area contributed by atoms with Crippen LogP contribution in [0.1, 0.15) is 6.92 Å². The van der Waals surface area contributed by atoms with Gasteiger partial charge in [0.1, 0.15) is 0 Å². The van der Waals surface area contributed by atoms with Gasteiger partial charge in [-0.2, -0.15) is 0 Å². The van der Waals surface area contributed by atoms with Crippen LogP contribution in [0.2, 0.25) is 0 Å². The van der Waals surface area contributed by atoms with Gasteiger partial charge in [-0.1, -0.05) is 13.0 Å². The van der Waals surface area contributed by atoms with Crippen LogP contribution < -0.4 is 5.32 Å². The summed E-state index contributed by atoms with van der Waals surface area (Å²) in [6.07, 6.45) is 4.17. The Labute approximate surface area is 38.1 Å². The van der Waals surface area contributed by atoms with Crippen LogP contribution in [0.5, 0.6) is 0 Å². The van der Waals surface area contributed by atoms with E-state index in [9.17, 15) is 0 Å². The molecule has 0 aromatic heterocycles. The van der Waals surface area contributed by atoms with E-state index in [4.69, 9.17) is 0 Å². The van der Waals surface area contributed by atoms with E-state index in [0.717, 1.165) is 12.5 Å². The first kappa shape index (κ1) is 3.72. The molecule has 0 bridgehead atoms. The van der Waals surface area contributed by atoms with Crippen LogP contribution in [0.3, 0.4) is 0 Å². The molecule has 1 heterocycles. The fourth-order valence-electron chi connectivity index (χ4n) is 0.554. The van der Waals surface area contributed by atoms with E-state index in [1.807, 2.05) is 6.20 Å². The molecule has 6 heavy (non-hydrogen) atoms. The third-order valence-electron chi connectivity index (χ3n) is 0.982. The molecule has 0 spiro atoms. The summed E-state index contributed by atoms with van der Waals surface area (Å²) in [6.45, 7) is 3.32. The molecule has 0 aliphatic carbocycles. The minimum absolute atomic E-state index is 0.755. The second-order valence-electron chi connectivity index (χ2n) is 1.74. The Morgan fingerprint density at radius 1 is 1.83 bits per heavy atom. The Balaban J connectivity index is 2.38. The van der Waals surface area contributed by atoms with Crippen molar-refractivity contribution in [2.45, 2.75) is 6.92 Å². The summed E-state index contributed by atoms with van der Waals surface area (Å²) in [7, 11) is 0. The molecule has 0 aromatic rings. The summed E-state index contributed by atoms with van der Waals surface area (Å²) in [4.78, 5) is 0. The predicted molar refractivity (Wildman–Crippen MR) is 26.3 cm³/mol. The third-order valence-corrected chi connectivity index (χ3v) is 0.982. The van der Waals surface area contributed by atoms with E-state index < -0.39 is 0 Å². The van der Waals surface area contributed by atoms with Crippen molar-refractivity contribution in [2.75, 3.05) is 6.54 Å². The largest absolute Gasteiger partial charge is 0.391 e. The Hall–Kier alpha value is -0.460. The molecule has 1 atom stereocenters. The SMILES string of the molecule is CC1C=CNC1. The van der Waals surface area contributed by atoms with E-state index >= 15 is 0 Å². The monoisotopic (exact) mass is 83.1 g/mol. The molecule has 0 saturated carbocycles. The van der Waals surface area contributed by atoms with Crippen LogP contribution in [-0.2, 0) is 0 Å². The first-order chi connectivity index (χ1) is 2.89. The maximum Gasteiger partial charge on any atom is 0.0202 e. The van der Waals surface area contributed by atoms with Crippen molar-refractivity contribution in [1.29, 1.82) is 0 Å². The van der Waals surface area contributed by atoms with E-state index in [1.54, 1.807) is 0 Å². The summed E-state index contributed by atoms with van der Waals surface area (Å²) < 4.78 is 0. The number of nitrogens with one attached hydrogen (secondary N) is 1. The highest BCUT2D eigenvalue weighted by atomic mass is 14.8. The Morgan fingerprint density at radius 2 is 2.67 bits per heavy atom. The molecule has 34 valence electrons. The number of rotatable bonds is 0. The summed E-state index contributed by atoms with van der Waals surface area (Å²) in [6, 6.07) is 0. The van der Waals surface area contributed by atoms with Crippen molar-refractivity contribution in [3.63, 3.8) is 0 Å². The lowest BCUT2D eigenvalue weighted by atomic mass is 10.2. The van der Waals surface area contributed by atoms with Gasteiger partial charge in [0.15, 0.2) is 0 Å². The van der Waals surface area contributed by atoms with Gasteiger partial charge in [0.05, 0.1) is 0 Å². The molecule has 0 aromatic carbocycles. The van der Waals surface area contributed by atoms with Gasteiger partial charge in [-0.25, -0.2) is 0 Å². The topological polar surface area (TPSA) is 12.0 Å². The molecule has 1 rings (SSSR count). The molecular formula is C5H9N. The zero-order chi connectivity index (χ0) is 4.41. The van der Waals surface area contributed by atoms with Crippen molar-refractivity contribution in [2.24, 2.45) is 5.92 Å². The molecule has 1 heteroatoms. The third kappa shape index (κ3) is 0.534. The van der Waals surface area contributed by atoms with Gasteiger partial charge in [-0.3, -0.25) is 0 Å². The Morgan fingerprint density at radius 3 is 2.83 bits per heavy atom. The van der Waals surface area contributed by atoms with Gasteiger partial charge >= 0.3 is 0 Å². The maximum absolute atomic E-state index is 3.09. The zero-order valence-electron chi connectivity index (χ0n) is 3.94. The smallest absolute Gasteiger partial charge is 0.0202 e. The quantitative estimate of drug-likeness (QED) is 0.455. The lowest BCUT2D eigenvalue weighted by molar-refractivity contribution is 0.724. The van der Waals surface area contributed by atoms with Crippen LogP contribution in [0.25, 0.3) is 0 Å². The molecule has 0 saturated heterocycles. The van der Waals surface area contributed by atoms with Crippen molar-refractivity contribution < 1.29 is 0 Å². The van der Waals surface area contributed by atoms with Crippen LogP contribution in [-0.4, -0.2) is 6.54 Å². The zero-order valence-corrected chi connectivity index (χ0v) is 3.94. The first-order valence-electron chi connectivity index (χ1n) is 2.29. The van der Waals surface area contributed by atoms with E-state index in [0.29, 0.717) is 0 Å². The van der Waals surface area contributed by atoms with Gasteiger partial charge < -0.3 is 5.32 Å². The van der Waals surface area contributed by atoms with Crippen molar-refractivity contribution in [3.8, 4) is 0 Å². The Kier molecular flexibility index (Phi) is 0.825. The molecule has 0 radical (unpaired) electrons. The summed E-state index contributed by atoms with van der Waals surface area (Å²) in [5.41, 5.74) is 0. The Bertz CT molecular complexity index is 66.3. The normalized spacial score (nSPS) is 30.5. The van der Waals surface area contributed by atoms with E-state index in [2.05, 4.69) is 18.3 Å². The van der Waals surface area contributed by atoms with Crippen LogP contribution in [0.4, 0.5) is 0 Å². The molecule has 0 fully saturated rings. The molecule has 1 aliphatic rings. The van der Waals surface area contributed by atoms with Gasteiger partial charge in [0, 0.05) is 6.54 Å². The second-order valence-corrected chi connectivity index (χ2v) is 1.74. The lowest BCUT2D eigenvalue weighted by Crippen LogP contribution is -2.04. The molecular weight excluding hydrogens is 74.1 g/mol. The number of hydrogen-bond acceptors (Lipinski definition) is 1. The first-order valence-corrected chi connectivity index (χ1v) is 2.29. The van der Waals surface area contributed by atoms with E-state index in [1.165, 1.54) is 0 Å². The van der Waals surface area contributed by atoms with Gasteiger partial charge in [0.2, 0.25) is 0 Å². The fraction of sp³-hybridized carbons (Fsp3) is 0.600. The average Bonchev–Trinajstić information content (AvgIpc) is 1.86. The molecule has 1 nitrogen and oxygen atoms in total. The highest BCUT2D eigenvalue weighted by Crippen LogP contribution is 1.98. The maximum atomic E-state index is 3.09. The molecule has 1 aliphatic heterocycles. The molecule has 1 unspecified atom stereocenters. The minimum Gasteiger partial charge on any atom is -0.391 e. The summed E-state index contributed by atoms with van der Waals surface area (Å²) >= 11 is 0. The van der Waals surface area contributed by atoms with Crippen molar-refractivity contribution >= 4 is 0 Å². The van der Waals surface area contributed by atoms with Crippen LogP contribution in [0.15, 0.2) is 12.3 Å². The second kappa shape index (κ2) is 1.33. The van der Waals surface area contributed by atoms with Crippen LogP contribution >= 0.6 is 0 Å². The van der Waals surface area contributed by atoms with Crippen molar-refractivity contribution in [3.05, 3.63) is 12.3 Å². The predicted octanol–water partition coefficient (Wildman–Crippen LogP) is 0.739.